The maximum atomic E-state index is 9.35. The van der Waals surface area contributed by atoms with Gasteiger partial charge in [-0.2, -0.15) is 0 Å². The van der Waals surface area contributed by atoms with E-state index < -0.39 is 7.58 Å². The number of hydrogen-bond acceptors (Lipinski definition) is 3. The fourth-order valence-corrected chi connectivity index (χ4v) is 3.07. The molecule has 4 heteroatoms. The van der Waals surface area contributed by atoms with E-state index in [1.54, 1.807) is 0 Å². The van der Waals surface area contributed by atoms with Gasteiger partial charge in [0.05, 0.1) is 6.61 Å². The predicted octanol–water partition coefficient (Wildman–Crippen LogP) is 3.27. The third-order valence-corrected chi connectivity index (χ3v) is 3.87. The minimum Gasteiger partial charge on any atom is -0.342 e. The Balaban J connectivity index is 3.27. The Morgan fingerprint density at radius 3 is 2.25 bits per heavy atom. The lowest BCUT2D eigenvalue weighted by molar-refractivity contribution is 0.277. The molecular formula is C8H19O2PS. The Morgan fingerprint density at radius 1 is 1.25 bits per heavy atom. The van der Waals surface area contributed by atoms with Crippen LogP contribution in [0, 0.1) is 11.8 Å². The van der Waals surface area contributed by atoms with Crippen molar-refractivity contribution < 1.29 is 9.42 Å². The zero-order valence-corrected chi connectivity index (χ0v) is 9.99. The van der Waals surface area contributed by atoms with Gasteiger partial charge < -0.3 is 9.42 Å². The summed E-state index contributed by atoms with van der Waals surface area (Å²) in [5, 5.41) is 0. The van der Waals surface area contributed by atoms with Crippen LogP contribution in [0.3, 0.4) is 0 Å². The molecule has 0 aliphatic rings. The second kappa shape index (κ2) is 7.14. The zero-order chi connectivity index (χ0) is 9.56. The molecular weight excluding hydrogens is 191 g/mol. The van der Waals surface area contributed by atoms with Gasteiger partial charge in [-0.05, 0) is 11.8 Å². The van der Waals surface area contributed by atoms with Crippen molar-refractivity contribution in [3.63, 3.8) is 0 Å². The molecule has 1 N–H and O–H groups in total. The normalized spacial score (nSPS) is 14.2. The standard InChI is InChI=1S/C8H19O2PS/c1-7(2)5-10-11(9)12-6-8(3)4/h7-9H,5-6H2,1-4H3. The molecule has 0 aliphatic heterocycles. The Labute approximate surface area is 80.7 Å². The topological polar surface area (TPSA) is 29.5 Å². The van der Waals surface area contributed by atoms with Crippen LogP contribution in [0.5, 0.6) is 0 Å². The van der Waals surface area contributed by atoms with E-state index in [-0.39, 0.29) is 0 Å². The van der Waals surface area contributed by atoms with Crippen LogP contribution in [0.4, 0.5) is 0 Å². The van der Waals surface area contributed by atoms with Gasteiger partial charge >= 0.3 is 0 Å². The molecule has 74 valence electrons. The molecule has 0 fully saturated rings. The molecule has 0 bridgehead atoms. The zero-order valence-electron chi connectivity index (χ0n) is 8.28. The maximum Gasteiger partial charge on any atom is 0.235 e. The first-order chi connectivity index (χ1) is 5.52. The minimum absolute atomic E-state index is 0.502. The van der Waals surface area contributed by atoms with Crippen molar-refractivity contribution in [3.05, 3.63) is 0 Å². The second-order valence-electron chi connectivity index (χ2n) is 3.62. The summed E-state index contributed by atoms with van der Waals surface area (Å²) in [6.45, 7) is 9.09. The summed E-state index contributed by atoms with van der Waals surface area (Å²) in [5.41, 5.74) is 0. The summed E-state index contributed by atoms with van der Waals surface area (Å²) >= 11 is 1.52. The third-order valence-electron chi connectivity index (χ3n) is 1.04. The van der Waals surface area contributed by atoms with Gasteiger partial charge in [-0.25, -0.2) is 0 Å². The van der Waals surface area contributed by atoms with Gasteiger partial charge in [-0.15, -0.1) is 0 Å². The van der Waals surface area contributed by atoms with E-state index in [2.05, 4.69) is 27.7 Å². The van der Waals surface area contributed by atoms with E-state index >= 15 is 0 Å². The summed E-state index contributed by atoms with van der Waals surface area (Å²) in [6, 6.07) is 0. The molecule has 0 saturated heterocycles. The van der Waals surface area contributed by atoms with Crippen LogP contribution in [-0.2, 0) is 4.52 Å². The molecule has 0 aromatic heterocycles. The predicted molar refractivity (Wildman–Crippen MR) is 57.2 cm³/mol. The average Bonchev–Trinajstić information content (AvgIpc) is 1.96. The van der Waals surface area contributed by atoms with Crippen LogP contribution in [0.2, 0.25) is 0 Å². The van der Waals surface area contributed by atoms with Crippen LogP contribution >= 0.6 is 19.0 Å². The van der Waals surface area contributed by atoms with Gasteiger partial charge in [0.15, 0.2) is 0 Å². The molecule has 12 heavy (non-hydrogen) atoms. The van der Waals surface area contributed by atoms with Crippen LogP contribution in [0.15, 0.2) is 0 Å². The first-order valence-electron chi connectivity index (χ1n) is 4.27. The fraction of sp³-hybridized carbons (Fsp3) is 1.00. The Bertz CT molecular complexity index is 97.2. The van der Waals surface area contributed by atoms with Crippen LogP contribution in [0.1, 0.15) is 27.7 Å². The highest BCUT2D eigenvalue weighted by atomic mass is 32.7. The monoisotopic (exact) mass is 210 g/mol. The molecule has 0 aromatic carbocycles. The smallest absolute Gasteiger partial charge is 0.235 e. The van der Waals surface area contributed by atoms with Gasteiger partial charge in [-0.1, -0.05) is 39.1 Å². The lowest BCUT2D eigenvalue weighted by Crippen LogP contribution is -1.97. The largest absolute Gasteiger partial charge is 0.342 e. The summed E-state index contributed by atoms with van der Waals surface area (Å²) in [5.74, 6) is 2.09. The van der Waals surface area contributed by atoms with Gasteiger partial charge in [-0.3, -0.25) is 0 Å². The van der Waals surface area contributed by atoms with E-state index in [9.17, 15) is 4.89 Å². The fourth-order valence-electron chi connectivity index (χ4n) is 0.463. The highest BCUT2D eigenvalue weighted by Gasteiger charge is 2.07. The molecule has 0 amide bonds. The molecule has 1 atom stereocenters. The van der Waals surface area contributed by atoms with Crippen molar-refractivity contribution in [3.8, 4) is 0 Å². The first-order valence-corrected chi connectivity index (χ1v) is 7.07. The van der Waals surface area contributed by atoms with E-state index in [1.165, 1.54) is 11.4 Å². The summed E-state index contributed by atoms with van der Waals surface area (Å²) in [4.78, 5) is 9.35. The average molecular weight is 210 g/mol. The Hall–Kier alpha value is 0.700. The molecule has 2 nitrogen and oxygen atoms in total. The van der Waals surface area contributed by atoms with Crippen LogP contribution in [0.25, 0.3) is 0 Å². The van der Waals surface area contributed by atoms with Crippen molar-refractivity contribution in [2.24, 2.45) is 11.8 Å². The molecule has 0 aromatic rings. The van der Waals surface area contributed by atoms with Crippen LogP contribution < -0.4 is 0 Å². The van der Waals surface area contributed by atoms with Crippen molar-refractivity contribution in [1.29, 1.82) is 0 Å². The molecule has 0 spiro atoms. The van der Waals surface area contributed by atoms with E-state index in [1.807, 2.05) is 0 Å². The van der Waals surface area contributed by atoms with E-state index in [0.717, 1.165) is 5.75 Å². The SMILES string of the molecule is CC(C)COP(O)SCC(C)C. The van der Waals surface area contributed by atoms with Crippen molar-refractivity contribution >= 4 is 19.0 Å². The third kappa shape index (κ3) is 8.79. The first kappa shape index (κ1) is 12.7. The molecule has 1 unspecified atom stereocenters. The Morgan fingerprint density at radius 2 is 1.83 bits per heavy atom. The second-order valence-corrected chi connectivity index (χ2v) is 6.65. The molecule has 0 heterocycles. The van der Waals surface area contributed by atoms with E-state index in [0.29, 0.717) is 18.4 Å². The van der Waals surface area contributed by atoms with E-state index in [4.69, 9.17) is 4.52 Å². The highest BCUT2D eigenvalue weighted by Crippen LogP contribution is 2.47. The molecule has 0 aliphatic carbocycles. The molecule has 0 rings (SSSR count). The van der Waals surface area contributed by atoms with Gasteiger partial charge in [0.2, 0.25) is 7.58 Å². The van der Waals surface area contributed by atoms with Gasteiger partial charge in [0.1, 0.15) is 0 Å². The van der Waals surface area contributed by atoms with Gasteiger partial charge in [0.25, 0.3) is 0 Å². The van der Waals surface area contributed by atoms with Crippen molar-refractivity contribution in [1.82, 2.24) is 0 Å². The minimum atomic E-state index is -1.23. The summed E-state index contributed by atoms with van der Waals surface area (Å²) in [6.07, 6.45) is 0. The lowest BCUT2D eigenvalue weighted by Gasteiger charge is -2.12. The Kier molecular flexibility index (Phi) is 7.55. The number of rotatable bonds is 6. The van der Waals surface area contributed by atoms with Crippen molar-refractivity contribution in [2.45, 2.75) is 27.7 Å². The molecule has 0 saturated carbocycles. The molecule has 0 radical (unpaired) electrons. The summed E-state index contributed by atoms with van der Waals surface area (Å²) < 4.78 is 5.24. The number of hydrogen-bond donors (Lipinski definition) is 1. The van der Waals surface area contributed by atoms with Crippen LogP contribution in [-0.4, -0.2) is 17.3 Å². The quantitative estimate of drug-likeness (QED) is 0.682. The maximum absolute atomic E-state index is 9.35. The van der Waals surface area contributed by atoms with Gasteiger partial charge in [0, 0.05) is 5.75 Å². The summed E-state index contributed by atoms with van der Waals surface area (Å²) in [7, 11) is -1.23. The highest BCUT2D eigenvalue weighted by molar-refractivity contribution is 8.52. The van der Waals surface area contributed by atoms with Crippen molar-refractivity contribution in [2.75, 3.05) is 12.4 Å². The lowest BCUT2D eigenvalue weighted by atomic mass is 10.2.